The van der Waals surface area contributed by atoms with Crippen molar-refractivity contribution in [2.45, 2.75) is 29.2 Å². The zero-order valence-corrected chi connectivity index (χ0v) is 13.7. The third-order valence-electron chi connectivity index (χ3n) is 2.34. The summed E-state index contributed by atoms with van der Waals surface area (Å²) in [6.07, 6.45) is 0.989. The van der Waals surface area contributed by atoms with Gasteiger partial charge in [0.15, 0.2) is 9.84 Å². The molecule has 0 radical (unpaired) electrons. The summed E-state index contributed by atoms with van der Waals surface area (Å²) >= 11 is 5.84. The van der Waals surface area contributed by atoms with Gasteiger partial charge in [0.25, 0.3) is 0 Å². The van der Waals surface area contributed by atoms with Crippen LogP contribution in [0.4, 0.5) is 0 Å². The van der Waals surface area contributed by atoms with E-state index < -0.39 is 25.4 Å². The van der Waals surface area contributed by atoms with Gasteiger partial charge in [0.05, 0.1) is 9.92 Å². The SMILES string of the molecule is CC(C)(N)CNS(=O)(=O)c1cc(S(C)(=O)=O)ccc1Cl. The van der Waals surface area contributed by atoms with E-state index in [9.17, 15) is 16.8 Å². The van der Waals surface area contributed by atoms with E-state index in [1.165, 1.54) is 12.1 Å². The molecule has 0 fully saturated rings. The third kappa shape index (κ3) is 4.71. The summed E-state index contributed by atoms with van der Waals surface area (Å²) < 4.78 is 49.5. The maximum absolute atomic E-state index is 12.1. The predicted octanol–water partition coefficient (Wildman–Crippen LogP) is 0.759. The van der Waals surface area contributed by atoms with Crippen LogP contribution >= 0.6 is 11.6 Å². The molecule has 0 aliphatic carbocycles. The van der Waals surface area contributed by atoms with Crippen molar-refractivity contribution in [3.63, 3.8) is 0 Å². The van der Waals surface area contributed by atoms with Crippen LogP contribution in [-0.2, 0) is 19.9 Å². The van der Waals surface area contributed by atoms with Gasteiger partial charge in [-0.15, -0.1) is 0 Å². The van der Waals surface area contributed by atoms with Crippen LogP contribution in [0.2, 0.25) is 5.02 Å². The Morgan fingerprint density at radius 2 is 1.80 bits per heavy atom. The third-order valence-corrected chi connectivity index (χ3v) is 5.33. The van der Waals surface area contributed by atoms with E-state index in [1.807, 2.05) is 0 Å². The molecule has 9 heteroatoms. The van der Waals surface area contributed by atoms with Crippen LogP contribution in [-0.4, -0.2) is 35.2 Å². The lowest BCUT2D eigenvalue weighted by Crippen LogP contribution is -2.45. The first-order valence-corrected chi connectivity index (χ1v) is 9.36. The Bertz CT molecular complexity index is 706. The highest BCUT2D eigenvalue weighted by Gasteiger charge is 2.23. The Morgan fingerprint density at radius 3 is 2.25 bits per heavy atom. The molecule has 0 unspecified atom stereocenters. The van der Waals surface area contributed by atoms with Crippen LogP contribution in [0.15, 0.2) is 28.0 Å². The molecule has 114 valence electrons. The highest BCUT2D eigenvalue weighted by atomic mass is 35.5. The molecule has 1 rings (SSSR count). The first-order valence-electron chi connectivity index (χ1n) is 5.61. The summed E-state index contributed by atoms with van der Waals surface area (Å²) in [5, 5.41) is -0.0558. The molecule has 0 bridgehead atoms. The smallest absolute Gasteiger partial charge is 0.242 e. The fraction of sp³-hybridized carbons (Fsp3) is 0.455. The molecule has 20 heavy (non-hydrogen) atoms. The number of benzene rings is 1. The minimum absolute atomic E-state index is 0.00519. The van der Waals surface area contributed by atoms with Gasteiger partial charge in [-0.05, 0) is 32.0 Å². The summed E-state index contributed by atoms with van der Waals surface area (Å²) in [5.74, 6) is 0. The van der Waals surface area contributed by atoms with Gasteiger partial charge in [0.2, 0.25) is 10.0 Å². The van der Waals surface area contributed by atoms with E-state index in [0.717, 1.165) is 12.3 Å². The molecular formula is C11H17ClN2O4S2. The summed E-state index contributed by atoms with van der Waals surface area (Å²) in [6, 6.07) is 3.52. The molecular weight excluding hydrogens is 324 g/mol. The second-order valence-corrected chi connectivity index (χ2v) is 9.34. The maximum Gasteiger partial charge on any atom is 0.242 e. The van der Waals surface area contributed by atoms with E-state index in [4.69, 9.17) is 17.3 Å². The average Bonchev–Trinajstić information content (AvgIpc) is 2.24. The topological polar surface area (TPSA) is 106 Å². The first-order chi connectivity index (χ1) is 8.83. The van der Waals surface area contributed by atoms with E-state index in [2.05, 4.69) is 4.72 Å². The van der Waals surface area contributed by atoms with Crippen LogP contribution < -0.4 is 10.5 Å². The maximum atomic E-state index is 12.1. The van der Waals surface area contributed by atoms with Crippen LogP contribution in [0.25, 0.3) is 0 Å². The summed E-state index contributed by atoms with van der Waals surface area (Å²) in [6.45, 7) is 3.31. The number of sulfone groups is 1. The van der Waals surface area contributed by atoms with Crippen molar-refractivity contribution in [1.82, 2.24) is 4.72 Å². The molecule has 0 saturated carbocycles. The van der Waals surface area contributed by atoms with Gasteiger partial charge < -0.3 is 5.73 Å². The quantitative estimate of drug-likeness (QED) is 0.823. The van der Waals surface area contributed by atoms with E-state index in [-0.39, 0.29) is 21.4 Å². The van der Waals surface area contributed by atoms with Crippen LogP contribution in [0.3, 0.4) is 0 Å². The lowest BCUT2D eigenvalue weighted by molar-refractivity contribution is 0.498. The first kappa shape index (κ1) is 17.4. The number of rotatable bonds is 5. The lowest BCUT2D eigenvalue weighted by Gasteiger charge is -2.19. The Morgan fingerprint density at radius 1 is 1.25 bits per heavy atom. The van der Waals surface area contributed by atoms with Crippen LogP contribution in [0, 0.1) is 0 Å². The Labute approximate surface area is 124 Å². The van der Waals surface area contributed by atoms with Crippen molar-refractivity contribution in [2.24, 2.45) is 5.73 Å². The second-order valence-electron chi connectivity index (χ2n) is 5.18. The minimum Gasteiger partial charge on any atom is -0.324 e. The van der Waals surface area contributed by atoms with Crippen LogP contribution in [0.1, 0.15) is 13.8 Å². The highest BCUT2D eigenvalue weighted by Crippen LogP contribution is 2.24. The summed E-state index contributed by atoms with van der Waals surface area (Å²) in [7, 11) is -7.45. The van der Waals surface area contributed by atoms with Gasteiger partial charge in [-0.1, -0.05) is 11.6 Å². The highest BCUT2D eigenvalue weighted by molar-refractivity contribution is 7.91. The minimum atomic E-state index is -3.93. The molecule has 0 aliphatic rings. The number of hydrogen-bond acceptors (Lipinski definition) is 5. The normalized spacial score (nSPS) is 13.4. The molecule has 1 aromatic rings. The zero-order valence-electron chi connectivity index (χ0n) is 11.3. The zero-order chi connectivity index (χ0) is 15.8. The Kier molecular flexibility index (Phi) is 4.87. The van der Waals surface area contributed by atoms with E-state index in [0.29, 0.717) is 0 Å². The fourth-order valence-electron chi connectivity index (χ4n) is 1.28. The van der Waals surface area contributed by atoms with Crippen molar-refractivity contribution in [3.8, 4) is 0 Å². The fourth-order valence-corrected chi connectivity index (χ4v) is 3.75. The predicted molar refractivity (Wildman–Crippen MR) is 78.0 cm³/mol. The number of halogens is 1. The standard InChI is InChI=1S/C11H17ClN2O4S2/c1-11(2,13)7-14-20(17,18)10-6-8(19(3,15)16)4-5-9(10)12/h4-6,14H,7,13H2,1-3H3. The largest absolute Gasteiger partial charge is 0.324 e. The van der Waals surface area contributed by atoms with Gasteiger partial charge in [0, 0.05) is 18.3 Å². The van der Waals surface area contributed by atoms with Crippen molar-refractivity contribution >= 4 is 31.5 Å². The molecule has 6 nitrogen and oxygen atoms in total. The molecule has 0 saturated heterocycles. The van der Waals surface area contributed by atoms with Crippen molar-refractivity contribution in [3.05, 3.63) is 23.2 Å². The average molecular weight is 341 g/mol. The van der Waals surface area contributed by atoms with Gasteiger partial charge >= 0.3 is 0 Å². The van der Waals surface area contributed by atoms with Crippen molar-refractivity contribution in [1.29, 1.82) is 0 Å². The molecule has 0 atom stereocenters. The molecule has 0 amide bonds. The number of nitrogens with two attached hydrogens (primary N) is 1. The molecule has 0 aromatic heterocycles. The van der Waals surface area contributed by atoms with E-state index >= 15 is 0 Å². The summed E-state index contributed by atoms with van der Waals surface area (Å²) in [5.41, 5.74) is 4.96. The number of hydrogen-bond donors (Lipinski definition) is 2. The van der Waals surface area contributed by atoms with E-state index in [1.54, 1.807) is 13.8 Å². The van der Waals surface area contributed by atoms with Crippen LogP contribution in [0.5, 0.6) is 0 Å². The van der Waals surface area contributed by atoms with Crippen molar-refractivity contribution in [2.75, 3.05) is 12.8 Å². The Balaban J connectivity index is 3.25. The molecule has 0 aliphatic heterocycles. The second kappa shape index (κ2) is 5.61. The van der Waals surface area contributed by atoms with Crippen molar-refractivity contribution < 1.29 is 16.8 Å². The Hall–Kier alpha value is -0.670. The van der Waals surface area contributed by atoms with Gasteiger partial charge in [-0.3, -0.25) is 0 Å². The molecule has 1 aromatic carbocycles. The lowest BCUT2D eigenvalue weighted by atomic mass is 10.1. The summed E-state index contributed by atoms with van der Waals surface area (Å²) in [4.78, 5) is -0.402. The monoisotopic (exact) mass is 340 g/mol. The number of nitrogens with one attached hydrogen (secondary N) is 1. The van der Waals surface area contributed by atoms with Gasteiger partial charge in [-0.2, -0.15) is 0 Å². The van der Waals surface area contributed by atoms with Gasteiger partial charge in [0.1, 0.15) is 4.90 Å². The molecule has 3 N–H and O–H groups in total. The number of sulfonamides is 1. The molecule has 0 heterocycles. The van der Waals surface area contributed by atoms with Gasteiger partial charge in [-0.25, -0.2) is 21.6 Å². The molecule has 0 spiro atoms.